The second-order valence-corrected chi connectivity index (χ2v) is 5.87. The van der Waals surface area contributed by atoms with E-state index in [1.165, 1.54) is 11.1 Å². The van der Waals surface area contributed by atoms with Crippen LogP contribution in [-0.4, -0.2) is 12.1 Å². The summed E-state index contributed by atoms with van der Waals surface area (Å²) in [6.07, 6.45) is 0. The average molecular weight is 233 g/mol. The maximum absolute atomic E-state index is 3.57. The van der Waals surface area contributed by atoms with Crippen molar-refractivity contribution in [1.82, 2.24) is 5.32 Å². The smallest absolute Gasteiger partial charge is 0.0545 e. The summed E-state index contributed by atoms with van der Waals surface area (Å²) in [5.74, 6) is 8.20. The highest BCUT2D eigenvalue weighted by Crippen LogP contribution is 2.36. The molecule has 3 unspecified atom stereocenters. The van der Waals surface area contributed by atoms with Crippen molar-refractivity contribution in [3.05, 3.63) is 11.1 Å². The fourth-order valence-electron chi connectivity index (χ4n) is 2.52. The summed E-state index contributed by atoms with van der Waals surface area (Å²) in [5.41, 5.74) is 3.10. The van der Waals surface area contributed by atoms with Gasteiger partial charge in [-0.2, -0.15) is 0 Å². The van der Waals surface area contributed by atoms with Crippen molar-refractivity contribution in [2.45, 2.75) is 54.0 Å². The van der Waals surface area contributed by atoms with Gasteiger partial charge in [0.2, 0.25) is 0 Å². The van der Waals surface area contributed by atoms with Gasteiger partial charge in [0.15, 0.2) is 0 Å². The molecule has 1 nitrogen and oxygen atoms in total. The third kappa shape index (κ3) is 2.58. The van der Waals surface area contributed by atoms with Crippen LogP contribution < -0.4 is 5.32 Å². The minimum atomic E-state index is 0.0935. The molecule has 96 valence electrons. The molecule has 1 N–H and O–H groups in total. The van der Waals surface area contributed by atoms with Gasteiger partial charge in [-0.05, 0) is 39.5 Å². The molecule has 0 spiro atoms. The summed E-state index contributed by atoms with van der Waals surface area (Å²) in [6.45, 7) is 16.7. The van der Waals surface area contributed by atoms with Crippen LogP contribution in [0.3, 0.4) is 0 Å². The molecular weight excluding hydrogens is 206 g/mol. The lowest BCUT2D eigenvalue weighted by atomic mass is 9.70. The maximum Gasteiger partial charge on any atom is 0.0545 e. The molecule has 1 fully saturated rings. The Bertz CT molecular complexity index is 367. The van der Waals surface area contributed by atoms with E-state index in [-0.39, 0.29) is 5.54 Å². The van der Waals surface area contributed by atoms with Crippen LogP contribution in [0.25, 0.3) is 0 Å². The second-order valence-electron chi connectivity index (χ2n) is 5.87. The zero-order valence-corrected chi connectivity index (χ0v) is 12.4. The highest BCUT2D eigenvalue weighted by Gasteiger charge is 2.43. The Morgan fingerprint density at radius 1 is 1.29 bits per heavy atom. The van der Waals surface area contributed by atoms with Gasteiger partial charge >= 0.3 is 0 Å². The Kier molecular flexibility index (Phi) is 4.44. The van der Waals surface area contributed by atoms with E-state index in [2.05, 4.69) is 58.7 Å². The lowest BCUT2D eigenvalue weighted by Crippen LogP contribution is -2.63. The molecule has 1 rings (SSSR count). The van der Waals surface area contributed by atoms with Gasteiger partial charge in [-0.3, -0.25) is 0 Å². The largest absolute Gasteiger partial charge is 0.305 e. The fourth-order valence-corrected chi connectivity index (χ4v) is 2.52. The topological polar surface area (TPSA) is 12.0 Å². The molecule has 0 radical (unpaired) electrons. The van der Waals surface area contributed by atoms with E-state index in [4.69, 9.17) is 0 Å². The lowest BCUT2D eigenvalue weighted by Gasteiger charge is -2.48. The fraction of sp³-hybridized carbons (Fsp3) is 0.750. The van der Waals surface area contributed by atoms with Gasteiger partial charge in [0.05, 0.1) is 11.5 Å². The van der Waals surface area contributed by atoms with Crippen molar-refractivity contribution in [3.63, 3.8) is 0 Å². The van der Waals surface area contributed by atoms with Crippen LogP contribution in [0.5, 0.6) is 0 Å². The number of nitrogens with one attached hydrogen (secondary N) is 1. The van der Waals surface area contributed by atoms with Crippen LogP contribution in [0.4, 0.5) is 0 Å². The Morgan fingerprint density at radius 2 is 1.88 bits per heavy atom. The molecule has 1 heterocycles. The summed E-state index contributed by atoms with van der Waals surface area (Å²) < 4.78 is 0. The van der Waals surface area contributed by atoms with Crippen LogP contribution in [0.2, 0.25) is 0 Å². The third-order valence-electron chi connectivity index (χ3n) is 4.74. The van der Waals surface area contributed by atoms with E-state index >= 15 is 0 Å². The van der Waals surface area contributed by atoms with E-state index in [1.54, 1.807) is 0 Å². The predicted molar refractivity (Wildman–Crippen MR) is 75.7 cm³/mol. The first kappa shape index (κ1) is 14.3. The zero-order valence-electron chi connectivity index (χ0n) is 12.4. The second kappa shape index (κ2) is 5.27. The van der Waals surface area contributed by atoms with Crippen molar-refractivity contribution in [2.75, 3.05) is 6.54 Å². The van der Waals surface area contributed by atoms with E-state index in [0.29, 0.717) is 17.8 Å². The summed E-state index contributed by atoms with van der Waals surface area (Å²) in [7, 11) is 0. The van der Waals surface area contributed by atoms with Crippen LogP contribution in [0, 0.1) is 29.6 Å². The van der Waals surface area contributed by atoms with Gasteiger partial charge in [0.25, 0.3) is 0 Å². The SMILES string of the molecule is CC#CC1CNC1(C)/C(C)=C(/C)C(C)C(C)C. The Hall–Kier alpha value is -0.740. The highest BCUT2D eigenvalue weighted by molar-refractivity contribution is 5.34. The quantitative estimate of drug-likeness (QED) is 0.580. The van der Waals surface area contributed by atoms with Crippen molar-refractivity contribution in [1.29, 1.82) is 0 Å². The molecule has 0 amide bonds. The van der Waals surface area contributed by atoms with E-state index in [0.717, 1.165) is 6.54 Å². The van der Waals surface area contributed by atoms with E-state index in [1.807, 2.05) is 6.92 Å². The first-order valence-electron chi connectivity index (χ1n) is 6.69. The lowest BCUT2D eigenvalue weighted by molar-refractivity contribution is 0.208. The average Bonchev–Trinajstić information content (AvgIpc) is 2.30. The zero-order chi connectivity index (χ0) is 13.2. The summed E-state index contributed by atoms with van der Waals surface area (Å²) in [6, 6.07) is 0. The van der Waals surface area contributed by atoms with E-state index in [9.17, 15) is 0 Å². The number of hydrogen-bond donors (Lipinski definition) is 1. The molecule has 0 saturated carbocycles. The van der Waals surface area contributed by atoms with Crippen molar-refractivity contribution >= 4 is 0 Å². The van der Waals surface area contributed by atoms with Crippen LogP contribution in [0.15, 0.2) is 11.1 Å². The molecule has 0 aromatic rings. The first-order chi connectivity index (χ1) is 7.84. The molecule has 0 aliphatic carbocycles. The summed E-state index contributed by atoms with van der Waals surface area (Å²) >= 11 is 0. The Morgan fingerprint density at radius 3 is 2.24 bits per heavy atom. The number of hydrogen-bond acceptors (Lipinski definition) is 1. The molecule has 1 aliphatic rings. The first-order valence-corrected chi connectivity index (χ1v) is 6.69. The molecule has 1 heteroatoms. The standard InChI is InChI=1S/C16H27N/c1-8-9-15-10-17-16(15,7)14(6)13(5)12(4)11(2)3/h11-12,15,17H,10H2,1-7H3/b14-13-. The normalized spacial score (nSPS) is 31.2. The number of allylic oxidation sites excluding steroid dienone is 1. The molecular formula is C16H27N. The van der Waals surface area contributed by atoms with Gasteiger partial charge < -0.3 is 5.32 Å². The van der Waals surface area contributed by atoms with Crippen LogP contribution in [-0.2, 0) is 0 Å². The minimum Gasteiger partial charge on any atom is -0.305 e. The van der Waals surface area contributed by atoms with E-state index < -0.39 is 0 Å². The highest BCUT2D eigenvalue weighted by atomic mass is 15.1. The third-order valence-corrected chi connectivity index (χ3v) is 4.74. The van der Waals surface area contributed by atoms with Crippen LogP contribution in [0.1, 0.15) is 48.5 Å². The van der Waals surface area contributed by atoms with Crippen LogP contribution >= 0.6 is 0 Å². The van der Waals surface area contributed by atoms with Crippen molar-refractivity contribution in [2.24, 2.45) is 17.8 Å². The molecule has 1 aliphatic heterocycles. The molecule has 3 atom stereocenters. The van der Waals surface area contributed by atoms with Crippen molar-refractivity contribution < 1.29 is 0 Å². The van der Waals surface area contributed by atoms with Gasteiger partial charge in [-0.1, -0.05) is 37.8 Å². The monoisotopic (exact) mass is 233 g/mol. The Balaban J connectivity index is 2.97. The Labute approximate surface area is 107 Å². The predicted octanol–water partition coefficient (Wildman–Crippen LogP) is 3.62. The summed E-state index contributed by atoms with van der Waals surface area (Å²) in [4.78, 5) is 0. The summed E-state index contributed by atoms with van der Waals surface area (Å²) in [5, 5.41) is 3.57. The maximum atomic E-state index is 3.57. The van der Waals surface area contributed by atoms with Gasteiger partial charge in [0.1, 0.15) is 0 Å². The van der Waals surface area contributed by atoms with Gasteiger partial charge in [0, 0.05) is 6.54 Å². The molecule has 1 saturated heterocycles. The molecule has 0 aromatic heterocycles. The minimum absolute atomic E-state index is 0.0935. The molecule has 0 bridgehead atoms. The number of rotatable bonds is 3. The van der Waals surface area contributed by atoms with Crippen molar-refractivity contribution in [3.8, 4) is 11.8 Å². The van der Waals surface area contributed by atoms with Gasteiger partial charge in [-0.15, -0.1) is 5.92 Å². The van der Waals surface area contributed by atoms with Gasteiger partial charge in [-0.25, -0.2) is 0 Å². The molecule has 0 aromatic carbocycles. The molecule has 17 heavy (non-hydrogen) atoms.